The summed E-state index contributed by atoms with van der Waals surface area (Å²) in [5, 5.41) is 13.0. The molecule has 2 N–H and O–H groups in total. The summed E-state index contributed by atoms with van der Waals surface area (Å²) in [4.78, 5) is 12.3. The second-order valence-electron chi connectivity index (χ2n) is 8.20. The number of rotatable bonds is 17. The summed E-state index contributed by atoms with van der Waals surface area (Å²) >= 11 is 0. The van der Waals surface area contributed by atoms with Crippen molar-refractivity contribution in [2.45, 2.75) is 104 Å². The number of hydrogen-bond acceptors (Lipinski definition) is 4. The Balaban J connectivity index is 2.17. The van der Waals surface area contributed by atoms with E-state index in [1.807, 2.05) is 0 Å². The molecule has 0 saturated heterocycles. The highest BCUT2D eigenvalue weighted by atomic mass is 16.5. The van der Waals surface area contributed by atoms with Crippen LogP contribution in [0.25, 0.3) is 0 Å². The van der Waals surface area contributed by atoms with Crippen LogP contribution in [0.3, 0.4) is 0 Å². The van der Waals surface area contributed by atoms with Gasteiger partial charge in [-0.1, -0.05) is 84.0 Å². The van der Waals surface area contributed by atoms with Crippen LogP contribution in [-0.2, 0) is 4.79 Å². The SMILES string of the molecule is CCCCCCCCCCCCCCCC(=O)Nc1cc(C)c(O)c(OC)c1OC. The zero-order valence-corrected chi connectivity index (χ0v) is 19.6. The lowest BCUT2D eigenvalue weighted by Gasteiger charge is -2.16. The molecule has 1 rings (SSSR count). The summed E-state index contributed by atoms with van der Waals surface area (Å²) in [7, 11) is 2.96. The highest BCUT2D eigenvalue weighted by Gasteiger charge is 2.18. The zero-order valence-electron chi connectivity index (χ0n) is 19.6. The van der Waals surface area contributed by atoms with E-state index < -0.39 is 0 Å². The van der Waals surface area contributed by atoms with Gasteiger partial charge in [-0.25, -0.2) is 0 Å². The highest BCUT2D eigenvalue weighted by molar-refractivity contribution is 5.93. The van der Waals surface area contributed by atoms with E-state index in [0.29, 0.717) is 23.4 Å². The number of anilines is 1. The van der Waals surface area contributed by atoms with E-state index in [2.05, 4.69) is 12.2 Å². The fraction of sp³-hybridized carbons (Fsp3) is 0.720. The Morgan fingerprint density at radius 3 is 1.77 bits per heavy atom. The van der Waals surface area contributed by atoms with Crippen LogP contribution in [0.1, 0.15) is 102 Å². The first kappa shape index (κ1) is 26.1. The Bertz CT molecular complexity index is 616. The van der Waals surface area contributed by atoms with E-state index in [0.717, 1.165) is 12.8 Å². The van der Waals surface area contributed by atoms with Gasteiger partial charge in [0.25, 0.3) is 0 Å². The molecule has 172 valence electrons. The Hall–Kier alpha value is -1.91. The fourth-order valence-corrected chi connectivity index (χ4v) is 3.76. The van der Waals surface area contributed by atoms with Crippen LogP contribution in [0.15, 0.2) is 6.07 Å². The molecule has 0 heterocycles. The van der Waals surface area contributed by atoms with Crippen LogP contribution in [0.5, 0.6) is 17.2 Å². The van der Waals surface area contributed by atoms with Gasteiger partial charge >= 0.3 is 0 Å². The minimum absolute atomic E-state index is 0.0313. The van der Waals surface area contributed by atoms with Gasteiger partial charge in [-0.2, -0.15) is 0 Å². The van der Waals surface area contributed by atoms with E-state index in [9.17, 15) is 9.90 Å². The summed E-state index contributed by atoms with van der Waals surface area (Å²) in [5.74, 6) is 0.584. The average molecular weight is 422 g/mol. The number of amides is 1. The third-order valence-corrected chi connectivity index (χ3v) is 5.59. The van der Waals surface area contributed by atoms with E-state index in [1.165, 1.54) is 84.8 Å². The maximum Gasteiger partial charge on any atom is 0.224 e. The number of aryl methyl sites for hydroxylation is 1. The van der Waals surface area contributed by atoms with Gasteiger partial charge in [0.15, 0.2) is 11.5 Å². The maximum atomic E-state index is 12.3. The van der Waals surface area contributed by atoms with Gasteiger partial charge in [-0.05, 0) is 25.0 Å². The van der Waals surface area contributed by atoms with E-state index in [1.54, 1.807) is 13.0 Å². The molecule has 0 aromatic heterocycles. The number of carbonyl (C=O) groups is 1. The second-order valence-corrected chi connectivity index (χ2v) is 8.20. The number of carbonyl (C=O) groups excluding carboxylic acids is 1. The molecule has 0 bridgehead atoms. The summed E-state index contributed by atoms with van der Waals surface area (Å²) in [6.07, 6.45) is 17.2. The van der Waals surface area contributed by atoms with Crippen LogP contribution < -0.4 is 14.8 Å². The first-order valence-corrected chi connectivity index (χ1v) is 11.8. The number of unbranched alkanes of at least 4 members (excludes halogenated alkanes) is 12. The summed E-state index contributed by atoms with van der Waals surface area (Å²) in [6, 6.07) is 1.71. The lowest BCUT2D eigenvalue weighted by Crippen LogP contribution is -2.12. The number of phenolic OH excluding ortho intramolecular Hbond substituents is 1. The lowest BCUT2D eigenvalue weighted by molar-refractivity contribution is -0.116. The van der Waals surface area contributed by atoms with Crippen LogP contribution in [-0.4, -0.2) is 25.2 Å². The largest absolute Gasteiger partial charge is 0.504 e. The smallest absolute Gasteiger partial charge is 0.224 e. The van der Waals surface area contributed by atoms with Gasteiger partial charge < -0.3 is 19.9 Å². The molecule has 1 amide bonds. The van der Waals surface area contributed by atoms with Crippen molar-refractivity contribution in [2.75, 3.05) is 19.5 Å². The standard InChI is InChI=1S/C25H43NO4/c1-5-6-7-8-9-10-11-12-13-14-15-16-17-18-22(27)26-21-19-20(2)23(28)25(30-4)24(21)29-3/h19,28H,5-18H2,1-4H3,(H,26,27). The molecule has 0 fully saturated rings. The quantitative estimate of drug-likeness (QED) is 0.207. The monoisotopic (exact) mass is 421 g/mol. The molecule has 0 aliphatic carbocycles. The van der Waals surface area contributed by atoms with Crippen molar-refractivity contribution in [2.24, 2.45) is 0 Å². The summed E-state index contributed by atoms with van der Waals surface area (Å²) in [6.45, 7) is 4.02. The Morgan fingerprint density at radius 2 is 1.30 bits per heavy atom. The number of nitrogens with one attached hydrogen (secondary N) is 1. The number of methoxy groups -OCH3 is 2. The first-order chi connectivity index (χ1) is 14.5. The molecule has 0 aliphatic heterocycles. The highest BCUT2D eigenvalue weighted by Crippen LogP contribution is 2.44. The zero-order chi connectivity index (χ0) is 22.2. The van der Waals surface area contributed by atoms with Crippen LogP contribution >= 0.6 is 0 Å². The first-order valence-electron chi connectivity index (χ1n) is 11.8. The van der Waals surface area contributed by atoms with Gasteiger partial charge in [0.1, 0.15) is 0 Å². The van der Waals surface area contributed by atoms with Crippen molar-refractivity contribution >= 4 is 11.6 Å². The molecule has 0 atom stereocenters. The fourth-order valence-electron chi connectivity index (χ4n) is 3.76. The number of aromatic hydroxyl groups is 1. The Labute approximate surface area is 183 Å². The molecule has 0 saturated carbocycles. The molecule has 0 unspecified atom stereocenters. The average Bonchev–Trinajstić information content (AvgIpc) is 2.73. The molecular weight excluding hydrogens is 378 g/mol. The Kier molecular flexibility index (Phi) is 13.8. The lowest BCUT2D eigenvalue weighted by atomic mass is 10.0. The van der Waals surface area contributed by atoms with Crippen molar-refractivity contribution in [3.63, 3.8) is 0 Å². The summed E-state index contributed by atoms with van der Waals surface area (Å²) in [5.41, 5.74) is 1.16. The third-order valence-electron chi connectivity index (χ3n) is 5.59. The molecule has 0 radical (unpaired) electrons. The third kappa shape index (κ3) is 9.73. The van der Waals surface area contributed by atoms with Crippen molar-refractivity contribution in [3.8, 4) is 17.2 Å². The molecule has 0 aliphatic rings. The molecule has 5 heteroatoms. The predicted octanol–water partition coefficient (Wildman–Crippen LogP) is 7.14. The minimum atomic E-state index is -0.0384. The second kappa shape index (κ2) is 15.9. The number of hydrogen-bond donors (Lipinski definition) is 2. The molecule has 5 nitrogen and oxygen atoms in total. The van der Waals surface area contributed by atoms with E-state index >= 15 is 0 Å². The number of benzene rings is 1. The number of phenols is 1. The number of ether oxygens (including phenoxy) is 2. The van der Waals surface area contributed by atoms with E-state index in [4.69, 9.17) is 9.47 Å². The van der Waals surface area contributed by atoms with Gasteiger partial charge in [0.05, 0.1) is 19.9 Å². The topological polar surface area (TPSA) is 67.8 Å². The van der Waals surface area contributed by atoms with Crippen molar-refractivity contribution < 1.29 is 19.4 Å². The minimum Gasteiger partial charge on any atom is -0.504 e. The van der Waals surface area contributed by atoms with Crippen molar-refractivity contribution in [1.29, 1.82) is 0 Å². The van der Waals surface area contributed by atoms with E-state index in [-0.39, 0.29) is 17.4 Å². The molecule has 1 aromatic carbocycles. The van der Waals surface area contributed by atoms with Crippen LogP contribution in [0, 0.1) is 6.92 Å². The molecule has 30 heavy (non-hydrogen) atoms. The van der Waals surface area contributed by atoms with Gasteiger partial charge in [-0.3, -0.25) is 4.79 Å². The van der Waals surface area contributed by atoms with Crippen molar-refractivity contribution in [1.82, 2.24) is 0 Å². The summed E-state index contributed by atoms with van der Waals surface area (Å²) < 4.78 is 10.6. The van der Waals surface area contributed by atoms with Crippen LogP contribution in [0.4, 0.5) is 5.69 Å². The Morgan fingerprint density at radius 1 is 0.833 bits per heavy atom. The van der Waals surface area contributed by atoms with Crippen LogP contribution in [0.2, 0.25) is 0 Å². The molecule has 0 spiro atoms. The molecular formula is C25H43NO4. The van der Waals surface area contributed by atoms with Gasteiger partial charge in [0.2, 0.25) is 11.7 Å². The maximum absolute atomic E-state index is 12.3. The van der Waals surface area contributed by atoms with Gasteiger partial charge in [0, 0.05) is 6.42 Å². The van der Waals surface area contributed by atoms with Crippen molar-refractivity contribution in [3.05, 3.63) is 11.6 Å². The predicted molar refractivity (Wildman–Crippen MR) is 125 cm³/mol. The van der Waals surface area contributed by atoms with Gasteiger partial charge in [-0.15, -0.1) is 0 Å². The molecule has 1 aromatic rings. The normalized spacial score (nSPS) is 10.8.